The second-order valence-electron chi connectivity index (χ2n) is 1.91. The third-order valence-corrected chi connectivity index (χ3v) is 2.32. The summed E-state index contributed by atoms with van der Waals surface area (Å²) < 4.78 is 20.8. The molecule has 0 aliphatic rings. The van der Waals surface area contributed by atoms with Crippen LogP contribution < -0.4 is 5.14 Å². The van der Waals surface area contributed by atoms with Crippen LogP contribution in [0.4, 0.5) is 0 Å². The summed E-state index contributed by atoms with van der Waals surface area (Å²) in [6, 6.07) is 3.65. The molecule has 1 rings (SSSR count). The quantitative estimate of drug-likeness (QED) is 0.744. The van der Waals surface area contributed by atoms with Crippen molar-refractivity contribution in [3.05, 3.63) is 27.8 Å². The van der Waals surface area contributed by atoms with Crippen molar-refractivity contribution < 1.29 is 8.42 Å². The number of sulfonamides is 1. The fourth-order valence-electron chi connectivity index (χ4n) is 0.548. The topological polar surface area (TPSA) is 60.2 Å². The molecule has 0 aliphatic heterocycles. The summed E-state index contributed by atoms with van der Waals surface area (Å²) >= 11 is 1.46. The molecule has 0 radical (unpaired) electrons. The molecule has 0 spiro atoms. The van der Waals surface area contributed by atoms with Gasteiger partial charge < -0.3 is 0 Å². The molecule has 2 N–H and O–H groups in total. The van der Waals surface area contributed by atoms with E-state index in [-0.39, 0.29) is 51.4 Å². The monoisotopic (exact) mass is 229 g/mol. The first-order valence-electron chi connectivity index (χ1n) is 2.82. The number of primary sulfonamides is 1. The normalized spacial score (nSPS) is 11.4. The van der Waals surface area contributed by atoms with E-state index in [1.54, 1.807) is 0 Å². The Bertz CT molecular complexity index is 342. The molecule has 6 heteroatoms. The van der Waals surface area contributed by atoms with Crippen LogP contribution >= 0.6 is 11.3 Å². The van der Waals surface area contributed by atoms with Crippen LogP contribution in [0.15, 0.2) is 22.9 Å². The predicted octanol–water partition coefficient (Wildman–Crippen LogP) is 0.359. The summed E-state index contributed by atoms with van der Waals surface area (Å²) in [4.78, 5) is 0.874. The number of thiophene rings is 1. The van der Waals surface area contributed by atoms with Gasteiger partial charge >= 0.3 is 51.4 Å². The first-order chi connectivity index (χ1) is 5.08. The van der Waals surface area contributed by atoms with E-state index in [4.69, 9.17) is 5.14 Å². The zero-order valence-electron chi connectivity index (χ0n) is 5.60. The Labute approximate surface area is 118 Å². The molecule has 0 saturated carbocycles. The van der Waals surface area contributed by atoms with Gasteiger partial charge in [-0.3, -0.25) is 0 Å². The van der Waals surface area contributed by atoms with Gasteiger partial charge in [-0.1, -0.05) is 6.07 Å². The van der Waals surface area contributed by atoms with Crippen molar-refractivity contribution in [3.8, 4) is 0 Å². The molecular formula is C6H8KNO2S2. The van der Waals surface area contributed by atoms with Crippen LogP contribution in [0.3, 0.4) is 0 Å². The van der Waals surface area contributed by atoms with Crippen molar-refractivity contribution >= 4 is 78.8 Å². The average molecular weight is 229 g/mol. The summed E-state index contributed by atoms with van der Waals surface area (Å²) in [5.74, 6) is 0. The maximum absolute atomic E-state index is 10.4. The maximum atomic E-state index is 10.4. The second kappa shape index (κ2) is 5.66. The van der Waals surface area contributed by atoms with E-state index in [1.807, 2.05) is 17.5 Å². The van der Waals surface area contributed by atoms with E-state index in [1.165, 1.54) is 17.4 Å². The molecule has 0 bridgehead atoms. The van der Waals surface area contributed by atoms with Crippen molar-refractivity contribution in [3.63, 3.8) is 0 Å². The molecule has 0 saturated heterocycles. The molecular weight excluding hydrogens is 221 g/mol. The molecule has 0 aromatic carbocycles. The van der Waals surface area contributed by atoms with Gasteiger partial charge in [0.05, 0.1) is 0 Å². The van der Waals surface area contributed by atoms with Gasteiger partial charge in [0.25, 0.3) is 0 Å². The molecule has 3 nitrogen and oxygen atoms in total. The van der Waals surface area contributed by atoms with Crippen LogP contribution in [0.1, 0.15) is 4.88 Å². The van der Waals surface area contributed by atoms with Crippen molar-refractivity contribution in [1.29, 1.82) is 0 Å². The Balaban J connectivity index is 0.00000121. The summed E-state index contributed by atoms with van der Waals surface area (Å²) in [6.07, 6.45) is 1.47. The minimum atomic E-state index is -3.47. The Kier molecular flexibility index (Phi) is 6.13. The first-order valence-corrected chi connectivity index (χ1v) is 5.31. The number of rotatable bonds is 2. The fourth-order valence-corrected chi connectivity index (χ4v) is 1.59. The molecule has 1 heterocycles. The van der Waals surface area contributed by atoms with Crippen LogP contribution in [-0.2, 0) is 10.0 Å². The van der Waals surface area contributed by atoms with Gasteiger partial charge in [-0.15, -0.1) is 11.3 Å². The van der Waals surface area contributed by atoms with Crippen molar-refractivity contribution in [2.75, 3.05) is 0 Å². The van der Waals surface area contributed by atoms with E-state index in [0.29, 0.717) is 0 Å². The molecule has 0 unspecified atom stereocenters. The van der Waals surface area contributed by atoms with E-state index in [2.05, 4.69) is 0 Å². The summed E-state index contributed by atoms with van der Waals surface area (Å²) in [7, 11) is -3.47. The Morgan fingerprint density at radius 1 is 1.50 bits per heavy atom. The minimum absolute atomic E-state index is 0. The first kappa shape index (κ1) is 13.0. The molecule has 1 aromatic heterocycles. The Morgan fingerprint density at radius 2 is 2.17 bits per heavy atom. The molecule has 0 aliphatic carbocycles. The Hall–Kier alpha value is 0.986. The van der Waals surface area contributed by atoms with E-state index < -0.39 is 10.0 Å². The van der Waals surface area contributed by atoms with Crippen molar-refractivity contribution in [2.24, 2.45) is 5.14 Å². The standard InChI is InChI=1S/C6H7NO2S2.K.H/c7-11(8,9)5-3-6-2-1-4-10-6;;/h1-5H,(H2,7,8,9);;. The van der Waals surface area contributed by atoms with Crippen LogP contribution in [0.2, 0.25) is 0 Å². The van der Waals surface area contributed by atoms with Crippen LogP contribution in [0.5, 0.6) is 0 Å². The predicted molar refractivity (Wildman–Crippen MR) is 53.6 cm³/mol. The Morgan fingerprint density at radius 3 is 2.58 bits per heavy atom. The molecule has 0 fully saturated rings. The number of hydrogen-bond donors (Lipinski definition) is 1. The van der Waals surface area contributed by atoms with Gasteiger partial charge in [0.15, 0.2) is 0 Å². The van der Waals surface area contributed by atoms with Gasteiger partial charge in [0.2, 0.25) is 10.0 Å². The fraction of sp³-hybridized carbons (Fsp3) is 0. The third kappa shape index (κ3) is 5.60. The zero-order chi connectivity index (χ0) is 8.32. The SMILES string of the molecule is NS(=O)(=O)C=Cc1cccs1.[KH]. The average Bonchev–Trinajstić information content (AvgIpc) is 2.32. The summed E-state index contributed by atoms with van der Waals surface area (Å²) in [6.45, 7) is 0. The van der Waals surface area contributed by atoms with Gasteiger partial charge in [0, 0.05) is 10.3 Å². The number of hydrogen-bond acceptors (Lipinski definition) is 3. The third-order valence-electron chi connectivity index (χ3n) is 0.965. The van der Waals surface area contributed by atoms with E-state index in [0.717, 1.165) is 10.3 Å². The van der Waals surface area contributed by atoms with Gasteiger partial charge in [0.1, 0.15) is 0 Å². The van der Waals surface area contributed by atoms with E-state index in [9.17, 15) is 8.42 Å². The van der Waals surface area contributed by atoms with Gasteiger partial charge in [-0.2, -0.15) is 0 Å². The van der Waals surface area contributed by atoms with Crippen molar-refractivity contribution in [1.82, 2.24) is 0 Å². The zero-order valence-corrected chi connectivity index (χ0v) is 7.23. The molecule has 12 heavy (non-hydrogen) atoms. The van der Waals surface area contributed by atoms with Crippen LogP contribution in [0, 0.1) is 0 Å². The van der Waals surface area contributed by atoms with E-state index >= 15 is 0 Å². The van der Waals surface area contributed by atoms with Crippen molar-refractivity contribution in [2.45, 2.75) is 0 Å². The van der Waals surface area contributed by atoms with Gasteiger partial charge in [-0.05, 0) is 17.5 Å². The molecule has 0 amide bonds. The van der Waals surface area contributed by atoms with Crippen LogP contribution in [-0.4, -0.2) is 59.8 Å². The summed E-state index contributed by atoms with van der Waals surface area (Å²) in [5, 5.41) is 7.59. The van der Waals surface area contributed by atoms with Crippen LogP contribution in [0.25, 0.3) is 6.08 Å². The second-order valence-corrected chi connectivity index (χ2v) is 4.34. The molecule has 0 atom stereocenters. The summed E-state index contributed by atoms with van der Waals surface area (Å²) in [5.41, 5.74) is 0. The molecule has 1 aromatic rings. The molecule has 62 valence electrons. The number of nitrogens with two attached hydrogens (primary N) is 1. The van der Waals surface area contributed by atoms with Gasteiger partial charge in [-0.25, -0.2) is 13.6 Å².